The molecule has 0 spiro atoms. The maximum absolute atomic E-state index is 10.5. The zero-order valence-corrected chi connectivity index (χ0v) is 11.2. The van der Waals surface area contributed by atoms with Gasteiger partial charge in [-0.2, -0.15) is 0 Å². The third-order valence-electron chi connectivity index (χ3n) is 2.98. The lowest BCUT2D eigenvalue weighted by atomic mass is 10.0. The number of carbonyl (C=O) groups is 1. The van der Waals surface area contributed by atoms with Gasteiger partial charge in [-0.05, 0) is 32.0 Å². The van der Waals surface area contributed by atoms with Crippen molar-refractivity contribution < 1.29 is 15.0 Å². The molecule has 0 heterocycles. The van der Waals surface area contributed by atoms with Crippen molar-refractivity contribution >= 4 is 5.97 Å². The quantitative estimate of drug-likeness (QED) is 0.808. The van der Waals surface area contributed by atoms with E-state index in [9.17, 15) is 9.90 Å². The molecule has 0 aliphatic rings. The number of benzene rings is 1. The van der Waals surface area contributed by atoms with Crippen molar-refractivity contribution in [2.24, 2.45) is 0 Å². The highest BCUT2D eigenvalue weighted by Crippen LogP contribution is 2.19. The topological polar surface area (TPSA) is 60.8 Å². The third kappa shape index (κ3) is 4.47. The summed E-state index contributed by atoms with van der Waals surface area (Å²) < 4.78 is 0. The predicted molar refractivity (Wildman–Crippen MR) is 70.6 cm³/mol. The van der Waals surface area contributed by atoms with Crippen LogP contribution in [-0.4, -0.2) is 41.2 Å². The summed E-state index contributed by atoms with van der Waals surface area (Å²) in [7, 11) is 1.82. The SMILES string of the molecule is Cc1ccc(C(O)CN(C)CCC(=O)O)c(C)c1. The Balaban J connectivity index is 2.59. The number of likely N-dealkylation sites (N-methyl/N-ethyl adjacent to an activating group) is 1. The van der Waals surface area contributed by atoms with Gasteiger partial charge in [0.15, 0.2) is 0 Å². The second kappa shape index (κ2) is 6.52. The number of aliphatic hydroxyl groups is 1. The average molecular weight is 251 g/mol. The van der Waals surface area contributed by atoms with Crippen LogP contribution in [0.4, 0.5) is 0 Å². The fourth-order valence-electron chi connectivity index (χ4n) is 1.97. The molecule has 0 aromatic heterocycles. The molecular weight excluding hydrogens is 230 g/mol. The Hall–Kier alpha value is -1.39. The van der Waals surface area contributed by atoms with Crippen LogP contribution in [0.25, 0.3) is 0 Å². The fraction of sp³-hybridized carbons (Fsp3) is 0.500. The van der Waals surface area contributed by atoms with Crippen LogP contribution in [0.5, 0.6) is 0 Å². The number of aliphatic hydroxyl groups excluding tert-OH is 1. The number of rotatable bonds is 6. The molecule has 0 saturated heterocycles. The molecule has 4 nitrogen and oxygen atoms in total. The summed E-state index contributed by atoms with van der Waals surface area (Å²) >= 11 is 0. The Bertz CT molecular complexity index is 418. The van der Waals surface area contributed by atoms with Crippen LogP contribution in [0.1, 0.15) is 29.2 Å². The molecule has 1 unspecified atom stereocenters. The smallest absolute Gasteiger partial charge is 0.304 e. The van der Waals surface area contributed by atoms with Crippen LogP contribution >= 0.6 is 0 Å². The van der Waals surface area contributed by atoms with Gasteiger partial charge in [0.25, 0.3) is 0 Å². The Kier molecular flexibility index (Phi) is 5.31. The van der Waals surface area contributed by atoms with Gasteiger partial charge in [-0.3, -0.25) is 4.79 Å². The fourth-order valence-corrected chi connectivity index (χ4v) is 1.97. The van der Waals surface area contributed by atoms with Gasteiger partial charge in [0.1, 0.15) is 0 Å². The molecule has 0 amide bonds. The minimum absolute atomic E-state index is 0.0934. The zero-order chi connectivity index (χ0) is 13.7. The van der Waals surface area contributed by atoms with Crippen molar-refractivity contribution in [3.8, 4) is 0 Å². The molecule has 0 radical (unpaired) electrons. The first-order valence-electron chi connectivity index (χ1n) is 6.05. The number of aliphatic carboxylic acids is 1. The molecule has 0 bridgehead atoms. The number of hydrogen-bond donors (Lipinski definition) is 2. The van der Waals surface area contributed by atoms with E-state index in [1.165, 1.54) is 5.56 Å². The monoisotopic (exact) mass is 251 g/mol. The molecule has 4 heteroatoms. The summed E-state index contributed by atoms with van der Waals surface area (Å²) in [6, 6.07) is 5.94. The number of nitrogens with zero attached hydrogens (tertiary/aromatic N) is 1. The van der Waals surface area contributed by atoms with E-state index >= 15 is 0 Å². The molecule has 1 atom stereocenters. The lowest BCUT2D eigenvalue weighted by Gasteiger charge is -2.21. The zero-order valence-electron chi connectivity index (χ0n) is 11.2. The Morgan fingerprint density at radius 3 is 2.61 bits per heavy atom. The minimum atomic E-state index is -0.817. The molecule has 2 N–H and O–H groups in total. The Labute approximate surface area is 108 Å². The van der Waals surface area contributed by atoms with Crippen molar-refractivity contribution in [1.29, 1.82) is 0 Å². The average Bonchev–Trinajstić information content (AvgIpc) is 2.26. The maximum atomic E-state index is 10.5. The van der Waals surface area contributed by atoms with E-state index in [0.29, 0.717) is 13.1 Å². The van der Waals surface area contributed by atoms with Gasteiger partial charge in [-0.1, -0.05) is 23.8 Å². The van der Waals surface area contributed by atoms with E-state index in [4.69, 9.17) is 5.11 Å². The molecule has 1 aromatic rings. The van der Waals surface area contributed by atoms with Crippen LogP contribution in [0.15, 0.2) is 18.2 Å². The summed E-state index contributed by atoms with van der Waals surface area (Å²) in [5, 5.41) is 18.7. The standard InChI is InChI=1S/C14H21NO3/c1-10-4-5-12(11(2)8-10)13(16)9-15(3)7-6-14(17)18/h4-5,8,13,16H,6-7,9H2,1-3H3,(H,17,18). The first kappa shape index (κ1) is 14.7. The number of carboxylic acid groups (broad SMARTS) is 1. The highest BCUT2D eigenvalue weighted by Gasteiger charge is 2.13. The van der Waals surface area contributed by atoms with Gasteiger partial charge in [0, 0.05) is 13.1 Å². The lowest BCUT2D eigenvalue weighted by Crippen LogP contribution is -2.27. The van der Waals surface area contributed by atoms with Crippen LogP contribution in [0, 0.1) is 13.8 Å². The molecular formula is C14H21NO3. The number of aryl methyl sites for hydroxylation is 2. The van der Waals surface area contributed by atoms with Gasteiger partial charge < -0.3 is 15.1 Å². The summed E-state index contributed by atoms with van der Waals surface area (Å²) in [6.07, 6.45) is -0.486. The van der Waals surface area contributed by atoms with E-state index in [0.717, 1.165) is 11.1 Å². The maximum Gasteiger partial charge on any atom is 0.304 e. The summed E-state index contributed by atoms with van der Waals surface area (Å²) in [5.41, 5.74) is 3.14. The minimum Gasteiger partial charge on any atom is -0.481 e. The van der Waals surface area contributed by atoms with E-state index in [-0.39, 0.29) is 6.42 Å². The first-order chi connectivity index (χ1) is 8.40. The second-order valence-corrected chi connectivity index (χ2v) is 4.78. The van der Waals surface area contributed by atoms with Crippen molar-refractivity contribution in [2.45, 2.75) is 26.4 Å². The first-order valence-corrected chi connectivity index (χ1v) is 6.05. The Morgan fingerprint density at radius 2 is 2.06 bits per heavy atom. The molecule has 0 aliphatic heterocycles. The van der Waals surface area contributed by atoms with Gasteiger partial charge in [0.05, 0.1) is 12.5 Å². The highest BCUT2D eigenvalue weighted by atomic mass is 16.4. The van der Waals surface area contributed by atoms with E-state index in [1.807, 2.05) is 44.0 Å². The van der Waals surface area contributed by atoms with E-state index < -0.39 is 12.1 Å². The highest BCUT2D eigenvalue weighted by molar-refractivity contribution is 5.66. The van der Waals surface area contributed by atoms with Gasteiger partial charge in [-0.15, -0.1) is 0 Å². The van der Waals surface area contributed by atoms with E-state index in [2.05, 4.69) is 0 Å². The van der Waals surface area contributed by atoms with Crippen molar-refractivity contribution in [3.63, 3.8) is 0 Å². The van der Waals surface area contributed by atoms with Crippen LogP contribution < -0.4 is 0 Å². The van der Waals surface area contributed by atoms with Crippen molar-refractivity contribution in [2.75, 3.05) is 20.1 Å². The van der Waals surface area contributed by atoms with Crippen LogP contribution in [0.3, 0.4) is 0 Å². The number of carboxylic acids is 1. The molecule has 1 rings (SSSR count). The molecule has 0 aliphatic carbocycles. The third-order valence-corrected chi connectivity index (χ3v) is 2.98. The predicted octanol–water partition coefficient (Wildman–Crippen LogP) is 1.74. The Morgan fingerprint density at radius 1 is 1.39 bits per heavy atom. The molecule has 18 heavy (non-hydrogen) atoms. The van der Waals surface area contributed by atoms with Crippen molar-refractivity contribution in [3.05, 3.63) is 34.9 Å². The molecule has 0 saturated carbocycles. The molecule has 1 aromatic carbocycles. The summed E-state index contributed by atoms with van der Waals surface area (Å²) in [5.74, 6) is -0.817. The summed E-state index contributed by atoms with van der Waals surface area (Å²) in [4.78, 5) is 12.3. The van der Waals surface area contributed by atoms with Crippen LogP contribution in [-0.2, 0) is 4.79 Å². The molecule has 0 fully saturated rings. The second-order valence-electron chi connectivity index (χ2n) is 4.78. The van der Waals surface area contributed by atoms with Crippen molar-refractivity contribution in [1.82, 2.24) is 4.90 Å². The van der Waals surface area contributed by atoms with Gasteiger partial charge in [-0.25, -0.2) is 0 Å². The van der Waals surface area contributed by atoms with Gasteiger partial charge >= 0.3 is 5.97 Å². The lowest BCUT2D eigenvalue weighted by molar-refractivity contribution is -0.137. The summed E-state index contributed by atoms with van der Waals surface area (Å²) in [6.45, 7) is 4.87. The van der Waals surface area contributed by atoms with Crippen LogP contribution in [0.2, 0.25) is 0 Å². The number of hydrogen-bond acceptors (Lipinski definition) is 3. The normalized spacial score (nSPS) is 12.7. The van der Waals surface area contributed by atoms with Gasteiger partial charge in [0.2, 0.25) is 0 Å². The molecule has 100 valence electrons. The largest absolute Gasteiger partial charge is 0.481 e. The van der Waals surface area contributed by atoms with E-state index in [1.54, 1.807) is 0 Å².